The van der Waals surface area contributed by atoms with Crippen LogP contribution in [0.3, 0.4) is 0 Å². The first-order chi connectivity index (χ1) is 9.18. The molecular weight excluding hydrogens is 260 g/mol. The Morgan fingerprint density at radius 2 is 2.11 bits per heavy atom. The molecule has 1 saturated carbocycles. The van der Waals surface area contributed by atoms with E-state index in [0.717, 1.165) is 17.9 Å². The average Bonchev–Trinajstić information content (AvgIpc) is 2.47. The molecule has 1 aliphatic rings. The molecule has 102 valence electrons. The van der Waals surface area contributed by atoms with E-state index in [0.29, 0.717) is 6.04 Å². The highest BCUT2D eigenvalue weighted by Crippen LogP contribution is 2.17. The standard InChI is InChI=1S/C13H18N4OS/c14-17(12(18)11-8-4-5-9-15-11)13(19)16-10-6-2-1-3-7-10/h4-5,8-10H,1-3,6-7,14H2,(H,16,19). The van der Waals surface area contributed by atoms with Gasteiger partial charge in [0.25, 0.3) is 5.91 Å². The Hall–Kier alpha value is -1.53. The van der Waals surface area contributed by atoms with Gasteiger partial charge in [0.2, 0.25) is 0 Å². The van der Waals surface area contributed by atoms with Gasteiger partial charge in [-0.15, -0.1) is 0 Å². The van der Waals surface area contributed by atoms with Gasteiger partial charge in [-0.25, -0.2) is 10.9 Å². The largest absolute Gasteiger partial charge is 0.358 e. The quantitative estimate of drug-likeness (QED) is 0.372. The van der Waals surface area contributed by atoms with E-state index in [1.807, 2.05) is 0 Å². The minimum Gasteiger partial charge on any atom is -0.358 e. The van der Waals surface area contributed by atoms with E-state index in [1.165, 1.54) is 19.3 Å². The maximum absolute atomic E-state index is 12.0. The van der Waals surface area contributed by atoms with E-state index in [-0.39, 0.29) is 10.8 Å². The molecular formula is C13H18N4OS. The Balaban J connectivity index is 1.93. The fourth-order valence-corrected chi connectivity index (χ4v) is 2.45. The first-order valence-corrected chi connectivity index (χ1v) is 6.90. The highest BCUT2D eigenvalue weighted by atomic mass is 32.1. The average molecular weight is 278 g/mol. The molecule has 0 atom stereocenters. The highest BCUT2D eigenvalue weighted by molar-refractivity contribution is 7.80. The summed E-state index contributed by atoms with van der Waals surface area (Å²) in [4.78, 5) is 16.0. The van der Waals surface area contributed by atoms with E-state index in [9.17, 15) is 4.79 Å². The Labute approximate surface area is 118 Å². The van der Waals surface area contributed by atoms with Crippen molar-refractivity contribution in [2.24, 2.45) is 5.84 Å². The van der Waals surface area contributed by atoms with Gasteiger partial charge in [0.1, 0.15) is 5.69 Å². The molecule has 1 amide bonds. The Morgan fingerprint density at radius 3 is 2.74 bits per heavy atom. The summed E-state index contributed by atoms with van der Waals surface area (Å²) in [5.41, 5.74) is 0.290. The number of hydrazine groups is 1. The number of nitrogens with one attached hydrogen (secondary N) is 1. The first kappa shape index (κ1) is 13.9. The SMILES string of the molecule is NN(C(=O)c1ccccn1)C(=S)NC1CCCCC1. The summed E-state index contributed by atoms with van der Waals surface area (Å²) < 4.78 is 0. The molecule has 6 heteroatoms. The highest BCUT2D eigenvalue weighted by Gasteiger charge is 2.21. The lowest BCUT2D eigenvalue weighted by atomic mass is 9.96. The monoisotopic (exact) mass is 278 g/mol. The number of aromatic nitrogens is 1. The molecule has 2 rings (SSSR count). The Bertz CT molecular complexity index is 445. The van der Waals surface area contributed by atoms with E-state index in [4.69, 9.17) is 18.1 Å². The van der Waals surface area contributed by atoms with E-state index < -0.39 is 5.91 Å². The Morgan fingerprint density at radius 1 is 1.37 bits per heavy atom. The van der Waals surface area contributed by atoms with Gasteiger partial charge in [-0.3, -0.25) is 9.78 Å². The number of nitrogens with two attached hydrogens (primary N) is 1. The zero-order valence-corrected chi connectivity index (χ0v) is 11.5. The smallest absolute Gasteiger partial charge is 0.292 e. The molecule has 1 aromatic heterocycles. The predicted octanol–water partition coefficient (Wildman–Crippen LogP) is 1.60. The van der Waals surface area contributed by atoms with Crippen molar-refractivity contribution in [1.29, 1.82) is 0 Å². The molecule has 19 heavy (non-hydrogen) atoms. The fraction of sp³-hybridized carbons (Fsp3) is 0.462. The summed E-state index contributed by atoms with van der Waals surface area (Å²) in [6, 6.07) is 5.43. The molecule has 0 unspecified atom stereocenters. The van der Waals surface area contributed by atoms with Crippen molar-refractivity contribution in [3.8, 4) is 0 Å². The molecule has 5 nitrogen and oxygen atoms in total. The normalized spacial score (nSPS) is 15.8. The molecule has 0 saturated heterocycles. The number of amides is 1. The van der Waals surface area contributed by atoms with Crippen LogP contribution in [0.2, 0.25) is 0 Å². The van der Waals surface area contributed by atoms with Crippen molar-refractivity contribution in [2.75, 3.05) is 0 Å². The lowest BCUT2D eigenvalue weighted by Crippen LogP contribution is -2.51. The van der Waals surface area contributed by atoms with E-state index in [1.54, 1.807) is 24.4 Å². The van der Waals surface area contributed by atoms with Crippen LogP contribution in [0.15, 0.2) is 24.4 Å². The van der Waals surface area contributed by atoms with Crippen LogP contribution in [-0.2, 0) is 0 Å². The molecule has 0 aromatic carbocycles. The maximum Gasteiger partial charge on any atom is 0.292 e. The molecule has 1 fully saturated rings. The summed E-state index contributed by atoms with van der Waals surface area (Å²) >= 11 is 5.17. The van der Waals surface area contributed by atoms with Gasteiger partial charge >= 0.3 is 0 Å². The summed E-state index contributed by atoms with van der Waals surface area (Å²) in [6.07, 6.45) is 7.36. The predicted molar refractivity (Wildman–Crippen MR) is 77.2 cm³/mol. The van der Waals surface area contributed by atoms with E-state index in [2.05, 4.69) is 10.3 Å². The van der Waals surface area contributed by atoms with Gasteiger partial charge in [-0.2, -0.15) is 0 Å². The first-order valence-electron chi connectivity index (χ1n) is 6.49. The number of carbonyl (C=O) groups is 1. The molecule has 0 aliphatic heterocycles. The minimum atomic E-state index is -0.395. The summed E-state index contributed by atoms with van der Waals surface area (Å²) in [5.74, 6) is 5.36. The Kier molecular flexibility index (Phi) is 4.81. The van der Waals surface area contributed by atoms with Crippen molar-refractivity contribution >= 4 is 23.2 Å². The summed E-state index contributed by atoms with van der Waals surface area (Å²) in [7, 11) is 0. The van der Waals surface area contributed by atoms with Crippen molar-refractivity contribution < 1.29 is 4.79 Å². The van der Waals surface area contributed by atoms with Crippen LogP contribution in [0.1, 0.15) is 42.6 Å². The van der Waals surface area contributed by atoms with Crippen LogP contribution in [0.4, 0.5) is 0 Å². The van der Waals surface area contributed by atoms with Gasteiger partial charge in [0, 0.05) is 12.2 Å². The number of hydrogen-bond donors (Lipinski definition) is 2. The van der Waals surface area contributed by atoms with Crippen molar-refractivity contribution in [2.45, 2.75) is 38.1 Å². The van der Waals surface area contributed by atoms with E-state index >= 15 is 0 Å². The van der Waals surface area contributed by atoms with Crippen molar-refractivity contribution in [3.05, 3.63) is 30.1 Å². The van der Waals surface area contributed by atoms with Crippen molar-refractivity contribution in [3.63, 3.8) is 0 Å². The molecule has 0 bridgehead atoms. The van der Waals surface area contributed by atoms with Crippen LogP contribution in [0.25, 0.3) is 0 Å². The second-order valence-corrected chi connectivity index (χ2v) is 5.06. The van der Waals surface area contributed by atoms with Crippen LogP contribution in [0.5, 0.6) is 0 Å². The third-order valence-electron chi connectivity index (χ3n) is 3.25. The molecule has 1 aromatic rings. The maximum atomic E-state index is 12.0. The van der Waals surface area contributed by atoms with Gasteiger partial charge in [0.05, 0.1) is 0 Å². The summed E-state index contributed by atoms with van der Waals surface area (Å²) in [6.45, 7) is 0. The molecule has 1 aliphatic carbocycles. The third kappa shape index (κ3) is 3.71. The molecule has 0 radical (unpaired) electrons. The van der Waals surface area contributed by atoms with Crippen LogP contribution in [-0.4, -0.2) is 27.1 Å². The second-order valence-electron chi connectivity index (χ2n) is 4.67. The molecule has 3 N–H and O–H groups in total. The zero-order chi connectivity index (χ0) is 13.7. The third-order valence-corrected chi connectivity index (χ3v) is 3.57. The lowest BCUT2D eigenvalue weighted by molar-refractivity contribution is 0.0839. The van der Waals surface area contributed by atoms with Gasteiger partial charge in [0.15, 0.2) is 5.11 Å². The van der Waals surface area contributed by atoms with Crippen LogP contribution in [0, 0.1) is 0 Å². The molecule has 0 spiro atoms. The van der Waals surface area contributed by atoms with Gasteiger partial charge < -0.3 is 5.32 Å². The number of nitrogens with zero attached hydrogens (tertiary/aromatic N) is 2. The second kappa shape index (κ2) is 6.58. The zero-order valence-electron chi connectivity index (χ0n) is 10.7. The van der Waals surface area contributed by atoms with Crippen molar-refractivity contribution in [1.82, 2.24) is 15.3 Å². The molecule has 1 heterocycles. The number of hydrogen-bond acceptors (Lipinski definition) is 4. The number of carbonyl (C=O) groups excluding carboxylic acids is 1. The number of rotatable bonds is 2. The minimum absolute atomic E-state index is 0.266. The summed E-state index contributed by atoms with van der Waals surface area (Å²) in [5, 5.41) is 4.38. The van der Waals surface area contributed by atoms with Gasteiger partial charge in [-0.1, -0.05) is 25.3 Å². The number of thiocarbonyl (C=S) groups is 1. The lowest BCUT2D eigenvalue weighted by Gasteiger charge is -2.26. The van der Waals surface area contributed by atoms with Crippen LogP contribution < -0.4 is 11.2 Å². The number of pyridine rings is 1. The van der Waals surface area contributed by atoms with Gasteiger partial charge in [-0.05, 0) is 37.2 Å². The van der Waals surface area contributed by atoms with Crippen LogP contribution >= 0.6 is 12.2 Å². The topological polar surface area (TPSA) is 71.2 Å². The fourth-order valence-electron chi connectivity index (χ4n) is 2.20.